The summed E-state index contributed by atoms with van der Waals surface area (Å²) in [7, 11) is 0. The Morgan fingerprint density at radius 3 is 2.14 bits per heavy atom. The van der Waals surface area contributed by atoms with Gasteiger partial charge in [-0.25, -0.2) is 9.97 Å². The zero-order valence-electron chi connectivity index (χ0n) is 16.3. The highest BCUT2D eigenvalue weighted by Gasteiger charge is 2.21. The summed E-state index contributed by atoms with van der Waals surface area (Å²) in [5, 5.41) is 8.92. The van der Waals surface area contributed by atoms with Gasteiger partial charge in [0.1, 0.15) is 17.5 Å². The fraction of sp³-hybridized carbons (Fsp3) is 0.476. The maximum atomic E-state index is 8.92. The van der Waals surface area contributed by atoms with Crippen LogP contribution >= 0.6 is 0 Å². The highest BCUT2D eigenvalue weighted by atomic mass is 16.5. The van der Waals surface area contributed by atoms with Gasteiger partial charge in [-0.05, 0) is 24.6 Å². The molecule has 0 atom stereocenters. The van der Waals surface area contributed by atoms with E-state index in [4.69, 9.17) is 10.00 Å². The molecule has 28 heavy (non-hydrogen) atoms. The lowest BCUT2D eigenvalue weighted by Gasteiger charge is -2.36. The Hall–Kier alpha value is -2.69. The second-order valence-corrected chi connectivity index (χ2v) is 7.30. The lowest BCUT2D eigenvalue weighted by atomic mass is 10.1. The maximum absolute atomic E-state index is 8.92. The van der Waals surface area contributed by atoms with Crippen molar-refractivity contribution in [2.24, 2.45) is 0 Å². The molecule has 1 aromatic heterocycles. The molecule has 146 valence electrons. The van der Waals surface area contributed by atoms with E-state index in [9.17, 15) is 0 Å². The Kier molecular flexibility index (Phi) is 5.70. The van der Waals surface area contributed by atoms with Crippen LogP contribution in [0.15, 0.2) is 30.3 Å². The molecule has 0 saturated carbocycles. The summed E-state index contributed by atoms with van der Waals surface area (Å²) < 4.78 is 5.45. The summed E-state index contributed by atoms with van der Waals surface area (Å²) in [4.78, 5) is 16.4. The van der Waals surface area contributed by atoms with Crippen LogP contribution in [0.25, 0.3) is 0 Å². The Bertz CT molecular complexity index is 833. The molecule has 2 aliphatic rings. The van der Waals surface area contributed by atoms with Gasteiger partial charge in [0.2, 0.25) is 0 Å². The molecule has 3 heterocycles. The number of aromatic nitrogens is 2. The summed E-state index contributed by atoms with van der Waals surface area (Å²) in [6, 6.07) is 12.2. The standard InChI is InChI=1S/C21H26N6O/c1-17-23-20(14-21(24-17)27-10-12-28-13-11-27)26-8-6-25(7-9-26)16-19-4-2-18(15-22)3-5-19/h2-5,14H,6-13,16H2,1H3. The number of piperazine rings is 1. The molecule has 0 spiro atoms. The number of hydrogen-bond acceptors (Lipinski definition) is 7. The van der Waals surface area contributed by atoms with Crippen LogP contribution in [0.3, 0.4) is 0 Å². The minimum absolute atomic E-state index is 0.712. The van der Waals surface area contributed by atoms with E-state index in [0.717, 1.165) is 76.5 Å². The van der Waals surface area contributed by atoms with Crippen LogP contribution in [0.2, 0.25) is 0 Å². The Balaban J connectivity index is 1.37. The number of anilines is 2. The number of aryl methyl sites for hydroxylation is 1. The third-order valence-electron chi connectivity index (χ3n) is 5.33. The molecular formula is C21H26N6O. The molecule has 0 bridgehead atoms. The highest BCUT2D eigenvalue weighted by Crippen LogP contribution is 2.21. The van der Waals surface area contributed by atoms with Crippen molar-refractivity contribution in [1.82, 2.24) is 14.9 Å². The van der Waals surface area contributed by atoms with Crippen molar-refractivity contribution < 1.29 is 4.74 Å². The topological polar surface area (TPSA) is 68.5 Å². The molecule has 1 aromatic carbocycles. The molecule has 2 saturated heterocycles. The van der Waals surface area contributed by atoms with E-state index >= 15 is 0 Å². The number of hydrogen-bond donors (Lipinski definition) is 0. The van der Waals surface area contributed by atoms with Crippen molar-refractivity contribution in [3.05, 3.63) is 47.3 Å². The van der Waals surface area contributed by atoms with Crippen molar-refractivity contribution in [2.45, 2.75) is 13.5 Å². The van der Waals surface area contributed by atoms with Crippen molar-refractivity contribution in [3.63, 3.8) is 0 Å². The second-order valence-electron chi connectivity index (χ2n) is 7.30. The normalized spacial score (nSPS) is 18.1. The first kappa shape index (κ1) is 18.7. The fourth-order valence-corrected chi connectivity index (χ4v) is 3.73. The van der Waals surface area contributed by atoms with Crippen molar-refractivity contribution in [3.8, 4) is 6.07 Å². The van der Waals surface area contributed by atoms with Gasteiger partial charge in [0.05, 0.1) is 24.8 Å². The molecule has 0 radical (unpaired) electrons. The predicted molar refractivity (Wildman–Crippen MR) is 108 cm³/mol. The van der Waals surface area contributed by atoms with E-state index in [1.165, 1.54) is 5.56 Å². The van der Waals surface area contributed by atoms with Gasteiger partial charge in [0.15, 0.2) is 0 Å². The molecule has 0 unspecified atom stereocenters. The molecule has 0 aliphatic carbocycles. The predicted octanol–water partition coefficient (Wildman–Crippen LogP) is 1.82. The van der Waals surface area contributed by atoms with Crippen molar-refractivity contribution in [2.75, 3.05) is 62.3 Å². The molecule has 7 nitrogen and oxygen atoms in total. The number of benzene rings is 1. The zero-order chi connectivity index (χ0) is 19.3. The van der Waals surface area contributed by atoms with Crippen molar-refractivity contribution in [1.29, 1.82) is 5.26 Å². The number of rotatable bonds is 4. The van der Waals surface area contributed by atoms with E-state index in [2.05, 4.69) is 36.8 Å². The average molecular weight is 378 g/mol. The Morgan fingerprint density at radius 2 is 1.54 bits per heavy atom. The van der Waals surface area contributed by atoms with E-state index < -0.39 is 0 Å². The number of nitriles is 1. The minimum Gasteiger partial charge on any atom is -0.378 e. The van der Waals surface area contributed by atoms with E-state index in [1.807, 2.05) is 31.2 Å². The molecule has 7 heteroatoms. The molecule has 2 aromatic rings. The first-order valence-corrected chi connectivity index (χ1v) is 9.86. The lowest BCUT2D eigenvalue weighted by molar-refractivity contribution is 0.122. The summed E-state index contributed by atoms with van der Waals surface area (Å²) in [6.07, 6.45) is 0. The SMILES string of the molecule is Cc1nc(N2CCOCC2)cc(N2CCN(Cc3ccc(C#N)cc3)CC2)n1. The Morgan fingerprint density at radius 1 is 0.929 bits per heavy atom. The van der Waals surface area contributed by atoms with E-state index in [-0.39, 0.29) is 0 Å². The van der Waals surface area contributed by atoms with Gasteiger partial charge in [-0.3, -0.25) is 4.90 Å². The summed E-state index contributed by atoms with van der Waals surface area (Å²) in [5.74, 6) is 2.84. The molecule has 2 fully saturated rings. The lowest BCUT2D eigenvalue weighted by Crippen LogP contribution is -2.46. The second kappa shape index (κ2) is 8.55. The maximum Gasteiger partial charge on any atom is 0.134 e. The molecular weight excluding hydrogens is 352 g/mol. The number of ether oxygens (including phenoxy) is 1. The van der Waals surface area contributed by atoms with Gasteiger partial charge in [0.25, 0.3) is 0 Å². The van der Waals surface area contributed by atoms with Gasteiger partial charge in [-0.2, -0.15) is 5.26 Å². The minimum atomic E-state index is 0.712. The van der Waals surface area contributed by atoms with Gasteiger partial charge >= 0.3 is 0 Å². The molecule has 0 N–H and O–H groups in total. The van der Waals surface area contributed by atoms with Gasteiger partial charge < -0.3 is 14.5 Å². The largest absolute Gasteiger partial charge is 0.378 e. The molecule has 0 amide bonds. The molecule has 4 rings (SSSR count). The zero-order valence-corrected chi connectivity index (χ0v) is 16.3. The smallest absolute Gasteiger partial charge is 0.134 e. The van der Waals surface area contributed by atoms with Crippen LogP contribution < -0.4 is 9.80 Å². The first-order chi connectivity index (χ1) is 13.7. The van der Waals surface area contributed by atoms with E-state index in [0.29, 0.717) is 5.56 Å². The number of morpholine rings is 1. The summed E-state index contributed by atoms with van der Waals surface area (Å²) in [6.45, 7) is 10.1. The van der Waals surface area contributed by atoms with Crippen molar-refractivity contribution >= 4 is 11.6 Å². The first-order valence-electron chi connectivity index (χ1n) is 9.86. The van der Waals surface area contributed by atoms with Gasteiger partial charge in [0, 0.05) is 51.9 Å². The van der Waals surface area contributed by atoms with Crippen LogP contribution in [0.5, 0.6) is 0 Å². The van der Waals surface area contributed by atoms with Crippen LogP contribution in [0.1, 0.15) is 17.0 Å². The number of nitrogens with zero attached hydrogens (tertiary/aromatic N) is 6. The molecule has 2 aliphatic heterocycles. The quantitative estimate of drug-likeness (QED) is 0.804. The van der Waals surface area contributed by atoms with Crippen LogP contribution in [-0.4, -0.2) is 67.4 Å². The van der Waals surface area contributed by atoms with Crippen LogP contribution in [-0.2, 0) is 11.3 Å². The average Bonchev–Trinajstić information content (AvgIpc) is 2.75. The van der Waals surface area contributed by atoms with Gasteiger partial charge in [-0.15, -0.1) is 0 Å². The third kappa shape index (κ3) is 4.41. The summed E-state index contributed by atoms with van der Waals surface area (Å²) >= 11 is 0. The van der Waals surface area contributed by atoms with E-state index in [1.54, 1.807) is 0 Å². The summed E-state index contributed by atoms with van der Waals surface area (Å²) in [5.41, 5.74) is 1.96. The van der Waals surface area contributed by atoms with Gasteiger partial charge in [-0.1, -0.05) is 12.1 Å². The van der Waals surface area contributed by atoms with Crippen LogP contribution in [0, 0.1) is 18.3 Å². The van der Waals surface area contributed by atoms with Crippen LogP contribution in [0.4, 0.5) is 11.6 Å². The fourth-order valence-electron chi connectivity index (χ4n) is 3.73. The third-order valence-corrected chi connectivity index (χ3v) is 5.33. The highest BCUT2D eigenvalue weighted by molar-refractivity contribution is 5.51. The Labute approximate surface area is 166 Å². The monoisotopic (exact) mass is 378 g/mol.